The van der Waals surface area contributed by atoms with Gasteiger partial charge in [0.1, 0.15) is 17.2 Å². The molecule has 0 aliphatic rings. The molecule has 18 heavy (non-hydrogen) atoms. The number of rotatable bonds is 4. The van der Waals surface area contributed by atoms with Gasteiger partial charge in [-0.25, -0.2) is 8.78 Å². The minimum absolute atomic E-state index is 0.0973. The van der Waals surface area contributed by atoms with Crippen LogP contribution in [0.1, 0.15) is 37.6 Å². The molecule has 1 amide bonds. The first-order valence-electron chi connectivity index (χ1n) is 5.82. The van der Waals surface area contributed by atoms with E-state index in [1.165, 1.54) is 0 Å². The second kappa shape index (κ2) is 6.27. The molecule has 1 unspecified atom stereocenters. The highest BCUT2D eigenvalue weighted by Crippen LogP contribution is 2.20. The predicted octanol–water partition coefficient (Wildman–Crippen LogP) is 3.89. The van der Waals surface area contributed by atoms with E-state index in [2.05, 4.69) is 21.2 Å². The Morgan fingerprint density at radius 2 is 1.83 bits per heavy atom. The summed E-state index contributed by atoms with van der Waals surface area (Å²) in [6.07, 6.45) is 0.711. The summed E-state index contributed by atoms with van der Waals surface area (Å²) in [5, 5.41) is 2.65. The lowest BCUT2D eigenvalue weighted by atomic mass is 10.0. The minimum atomic E-state index is -0.863. The molecule has 0 aromatic heterocycles. The zero-order valence-electron chi connectivity index (χ0n) is 10.6. The van der Waals surface area contributed by atoms with Gasteiger partial charge in [-0.2, -0.15) is 0 Å². The maximum Gasteiger partial charge on any atom is 0.257 e. The minimum Gasteiger partial charge on any atom is -0.349 e. The SMILES string of the molecule is CCC(NC(=O)c1c(F)cc(Br)cc1F)C(C)C. The average Bonchev–Trinajstić information content (AvgIpc) is 2.23. The predicted molar refractivity (Wildman–Crippen MR) is 70.4 cm³/mol. The summed E-state index contributed by atoms with van der Waals surface area (Å²) >= 11 is 2.97. The van der Waals surface area contributed by atoms with E-state index in [4.69, 9.17) is 0 Å². The van der Waals surface area contributed by atoms with Gasteiger partial charge < -0.3 is 5.32 Å². The third-order valence-corrected chi connectivity index (χ3v) is 3.25. The van der Waals surface area contributed by atoms with E-state index >= 15 is 0 Å². The first-order chi connectivity index (χ1) is 8.36. The first kappa shape index (κ1) is 15.1. The molecule has 1 N–H and O–H groups in total. The standard InChI is InChI=1S/C13H16BrF2NO/c1-4-11(7(2)3)17-13(18)12-9(15)5-8(14)6-10(12)16/h5-7,11H,4H2,1-3H3,(H,17,18). The molecule has 0 radical (unpaired) electrons. The lowest BCUT2D eigenvalue weighted by Gasteiger charge is -2.21. The molecule has 100 valence electrons. The van der Waals surface area contributed by atoms with Crippen molar-refractivity contribution in [3.8, 4) is 0 Å². The molecule has 0 saturated carbocycles. The molecular formula is C13H16BrF2NO. The summed E-state index contributed by atoms with van der Waals surface area (Å²) in [7, 11) is 0. The third-order valence-electron chi connectivity index (χ3n) is 2.79. The Hall–Kier alpha value is -0.970. The molecule has 0 saturated heterocycles. The summed E-state index contributed by atoms with van der Waals surface area (Å²) in [6, 6.07) is 2.06. The Kier molecular flexibility index (Phi) is 5.26. The normalized spacial score (nSPS) is 12.6. The molecule has 1 aromatic rings. The van der Waals surface area contributed by atoms with Gasteiger partial charge in [0.2, 0.25) is 0 Å². The Labute approximate surface area is 114 Å². The highest BCUT2D eigenvalue weighted by Gasteiger charge is 2.21. The zero-order chi connectivity index (χ0) is 13.9. The average molecular weight is 320 g/mol. The number of carbonyl (C=O) groups is 1. The van der Waals surface area contributed by atoms with Gasteiger partial charge in [-0.15, -0.1) is 0 Å². The van der Waals surface area contributed by atoms with Crippen LogP contribution >= 0.6 is 15.9 Å². The van der Waals surface area contributed by atoms with Gasteiger partial charge in [0.15, 0.2) is 0 Å². The van der Waals surface area contributed by atoms with Crippen LogP contribution in [-0.4, -0.2) is 11.9 Å². The van der Waals surface area contributed by atoms with Crippen LogP contribution in [-0.2, 0) is 0 Å². The molecule has 2 nitrogen and oxygen atoms in total. The van der Waals surface area contributed by atoms with Gasteiger partial charge in [0.05, 0.1) is 0 Å². The van der Waals surface area contributed by atoms with Crippen molar-refractivity contribution in [2.24, 2.45) is 5.92 Å². The molecule has 1 aromatic carbocycles. The molecule has 1 atom stereocenters. The molecule has 0 spiro atoms. The number of nitrogens with one attached hydrogen (secondary N) is 1. The van der Waals surface area contributed by atoms with Crippen molar-refractivity contribution < 1.29 is 13.6 Å². The van der Waals surface area contributed by atoms with Gasteiger partial charge in [-0.3, -0.25) is 4.79 Å². The lowest BCUT2D eigenvalue weighted by molar-refractivity contribution is 0.0916. The summed E-state index contributed by atoms with van der Waals surface area (Å²) in [5.74, 6) is -2.23. The molecule has 0 heterocycles. The van der Waals surface area contributed by atoms with E-state index in [1.807, 2.05) is 20.8 Å². The third kappa shape index (κ3) is 3.51. The molecule has 0 aliphatic carbocycles. The summed E-state index contributed by atoms with van der Waals surface area (Å²) in [5.41, 5.74) is -0.530. The van der Waals surface area contributed by atoms with Crippen molar-refractivity contribution in [2.45, 2.75) is 33.2 Å². The molecular weight excluding hydrogens is 304 g/mol. The van der Waals surface area contributed by atoms with Crippen molar-refractivity contribution in [3.63, 3.8) is 0 Å². The van der Waals surface area contributed by atoms with E-state index in [1.54, 1.807) is 0 Å². The molecule has 1 rings (SSSR count). The Morgan fingerprint density at radius 1 is 1.33 bits per heavy atom. The summed E-state index contributed by atoms with van der Waals surface area (Å²) in [4.78, 5) is 11.9. The number of hydrogen-bond acceptors (Lipinski definition) is 1. The van der Waals surface area contributed by atoms with Crippen LogP contribution < -0.4 is 5.32 Å². The second-order valence-electron chi connectivity index (χ2n) is 4.48. The van der Waals surface area contributed by atoms with Crippen LogP contribution in [0.25, 0.3) is 0 Å². The van der Waals surface area contributed by atoms with E-state index in [0.717, 1.165) is 12.1 Å². The molecule has 0 aliphatic heterocycles. The molecule has 5 heteroatoms. The van der Waals surface area contributed by atoms with E-state index in [-0.39, 0.29) is 16.4 Å². The Bertz CT molecular complexity index is 426. The topological polar surface area (TPSA) is 29.1 Å². The fourth-order valence-electron chi connectivity index (χ4n) is 1.74. The van der Waals surface area contributed by atoms with Crippen molar-refractivity contribution in [1.29, 1.82) is 0 Å². The van der Waals surface area contributed by atoms with Gasteiger partial charge in [-0.1, -0.05) is 36.7 Å². The maximum absolute atomic E-state index is 13.6. The van der Waals surface area contributed by atoms with Gasteiger partial charge in [-0.05, 0) is 24.5 Å². The van der Waals surface area contributed by atoms with Crippen LogP contribution in [0, 0.1) is 17.6 Å². The fourth-order valence-corrected chi connectivity index (χ4v) is 2.14. The van der Waals surface area contributed by atoms with Crippen LogP contribution in [0.5, 0.6) is 0 Å². The smallest absolute Gasteiger partial charge is 0.257 e. The summed E-state index contributed by atoms with van der Waals surface area (Å²) < 4.78 is 27.4. The first-order valence-corrected chi connectivity index (χ1v) is 6.61. The van der Waals surface area contributed by atoms with Crippen LogP contribution in [0.2, 0.25) is 0 Å². The van der Waals surface area contributed by atoms with E-state index in [9.17, 15) is 13.6 Å². The number of benzene rings is 1. The van der Waals surface area contributed by atoms with Crippen LogP contribution in [0.4, 0.5) is 8.78 Å². The van der Waals surface area contributed by atoms with Crippen LogP contribution in [0.15, 0.2) is 16.6 Å². The van der Waals surface area contributed by atoms with Crippen molar-refractivity contribution in [3.05, 3.63) is 33.8 Å². The highest BCUT2D eigenvalue weighted by molar-refractivity contribution is 9.10. The zero-order valence-corrected chi connectivity index (χ0v) is 12.1. The van der Waals surface area contributed by atoms with E-state index in [0.29, 0.717) is 6.42 Å². The number of halogens is 3. The van der Waals surface area contributed by atoms with Crippen molar-refractivity contribution in [1.82, 2.24) is 5.32 Å². The summed E-state index contributed by atoms with van der Waals surface area (Å²) in [6.45, 7) is 5.81. The highest BCUT2D eigenvalue weighted by atomic mass is 79.9. The Morgan fingerprint density at radius 3 is 2.22 bits per heavy atom. The quantitative estimate of drug-likeness (QED) is 0.896. The number of hydrogen-bond donors (Lipinski definition) is 1. The fraction of sp³-hybridized carbons (Fsp3) is 0.462. The number of carbonyl (C=O) groups excluding carboxylic acids is 1. The van der Waals surface area contributed by atoms with Crippen molar-refractivity contribution in [2.75, 3.05) is 0 Å². The molecule has 0 bridgehead atoms. The lowest BCUT2D eigenvalue weighted by Crippen LogP contribution is -2.38. The Balaban J connectivity index is 2.98. The van der Waals surface area contributed by atoms with Crippen LogP contribution in [0.3, 0.4) is 0 Å². The van der Waals surface area contributed by atoms with Gasteiger partial charge in [0, 0.05) is 10.5 Å². The van der Waals surface area contributed by atoms with Gasteiger partial charge >= 0.3 is 0 Å². The van der Waals surface area contributed by atoms with Crippen molar-refractivity contribution >= 4 is 21.8 Å². The second-order valence-corrected chi connectivity index (χ2v) is 5.39. The number of amides is 1. The monoisotopic (exact) mass is 319 g/mol. The maximum atomic E-state index is 13.6. The molecule has 0 fully saturated rings. The van der Waals surface area contributed by atoms with Gasteiger partial charge in [0.25, 0.3) is 5.91 Å². The largest absolute Gasteiger partial charge is 0.349 e. The van der Waals surface area contributed by atoms with E-state index < -0.39 is 23.1 Å².